The average Bonchev–Trinajstić information content (AvgIpc) is 2.35. The van der Waals surface area contributed by atoms with Gasteiger partial charge in [0.15, 0.2) is 11.5 Å². The molecule has 0 spiro atoms. The number of fused-ring (bicyclic) bond motifs is 1. The van der Waals surface area contributed by atoms with Crippen molar-refractivity contribution >= 4 is 56.4 Å². The SMILES string of the molecule is [B]c1c(O)c(O)c2c(O)c([B])c([B])c(O)c2c1N. The molecule has 0 atom stereocenters. The lowest BCUT2D eigenvalue weighted by Crippen LogP contribution is -2.27. The van der Waals surface area contributed by atoms with E-state index in [0.717, 1.165) is 0 Å². The Morgan fingerprint density at radius 1 is 0.611 bits per heavy atom. The lowest BCUT2D eigenvalue weighted by molar-refractivity contribution is 0.408. The molecule has 6 N–H and O–H groups in total. The van der Waals surface area contributed by atoms with Gasteiger partial charge in [-0.3, -0.25) is 0 Å². The molecule has 2 aromatic rings. The third-order valence-electron chi connectivity index (χ3n) is 2.80. The molecule has 0 aliphatic carbocycles. The van der Waals surface area contributed by atoms with E-state index >= 15 is 0 Å². The van der Waals surface area contributed by atoms with E-state index in [0.29, 0.717) is 0 Å². The molecule has 0 aromatic heterocycles. The van der Waals surface area contributed by atoms with Crippen LogP contribution in [0.5, 0.6) is 23.0 Å². The minimum absolute atomic E-state index is 0.174. The second-order valence-electron chi connectivity index (χ2n) is 3.80. The number of nitrogens with two attached hydrogens (primary N) is 1. The standard InChI is InChI=1S/C10H6B3NO4/c11-3-4(12)8(16)2-1(7(3)15)6(14)5(13)10(18)9(2)17/h15-18H,14H2. The van der Waals surface area contributed by atoms with Crippen LogP contribution in [0.25, 0.3) is 10.8 Å². The van der Waals surface area contributed by atoms with E-state index in [4.69, 9.17) is 29.3 Å². The number of rotatable bonds is 0. The second-order valence-corrected chi connectivity index (χ2v) is 3.80. The number of hydrogen-bond donors (Lipinski definition) is 5. The summed E-state index contributed by atoms with van der Waals surface area (Å²) < 4.78 is 0. The topological polar surface area (TPSA) is 107 Å². The van der Waals surface area contributed by atoms with Gasteiger partial charge in [0.1, 0.15) is 35.0 Å². The molecule has 0 heterocycles. The van der Waals surface area contributed by atoms with Crippen LogP contribution in [0.4, 0.5) is 5.69 Å². The Labute approximate surface area is 106 Å². The molecule has 2 aromatic carbocycles. The number of phenolic OH excluding ortho intramolecular Hbond substituents is 4. The van der Waals surface area contributed by atoms with Crippen molar-refractivity contribution in [1.82, 2.24) is 0 Å². The molecule has 2 rings (SSSR count). The highest BCUT2D eigenvalue weighted by atomic mass is 16.3. The van der Waals surface area contributed by atoms with Crippen LogP contribution in [0.15, 0.2) is 0 Å². The first-order valence-electron chi connectivity index (χ1n) is 4.80. The molecule has 0 saturated heterocycles. The average molecular weight is 237 g/mol. The van der Waals surface area contributed by atoms with Crippen molar-refractivity contribution in [3.05, 3.63) is 0 Å². The summed E-state index contributed by atoms with van der Waals surface area (Å²) in [6.07, 6.45) is 0. The molecular formula is C10H6B3NO4. The summed E-state index contributed by atoms with van der Waals surface area (Å²) >= 11 is 0. The largest absolute Gasteiger partial charge is 0.508 e. The van der Waals surface area contributed by atoms with Gasteiger partial charge in [0.25, 0.3) is 0 Å². The quantitative estimate of drug-likeness (QED) is 0.152. The smallest absolute Gasteiger partial charge is 0.168 e. The Morgan fingerprint density at radius 3 is 1.56 bits per heavy atom. The van der Waals surface area contributed by atoms with Gasteiger partial charge in [-0.2, -0.15) is 0 Å². The van der Waals surface area contributed by atoms with E-state index in [-0.39, 0.29) is 32.8 Å². The summed E-state index contributed by atoms with van der Waals surface area (Å²) in [4.78, 5) is 0. The minimum Gasteiger partial charge on any atom is -0.508 e. The molecule has 84 valence electrons. The number of nitrogen functional groups attached to an aromatic ring is 1. The summed E-state index contributed by atoms with van der Waals surface area (Å²) in [5.74, 6) is -2.57. The maximum absolute atomic E-state index is 9.84. The fraction of sp³-hybridized carbons (Fsp3) is 0. The zero-order valence-electron chi connectivity index (χ0n) is 9.10. The van der Waals surface area contributed by atoms with Crippen molar-refractivity contribution in [2.45, 2.75) is 0 Å². The highest BCUT2D eigenvalue weighted by Gasteiger charge is 2.22. The zero-order valence-corrected chi connectivity index (χ0v) is 9.10. The summed E-state index contributed by atoms with van der Waals surface area (Å²) in [5.41, 5.74) is 4.43. The predicted molar refractivity (Wildman–Crippen MR) is 71.2 cm³/mol. The van der Waals surface area contributed by atoms with Crippen LogP contribution in [-0.2, 0) is 0 Å². The first-order chi connectivity index (χ1) is 8.29. The van der Waals surface area contributed by atoms with Gasteiger partial charge in [0.05, 0.1) is 10.8 Å². The molecular weight excluding hydrogens is 231 g/mol. The highest BCUT2D eigenvalue weighted by Crippen LogP contribution is 2.42. The molecule has 5 nitrogen and oxygen atoms in total. The van der Waals surface area contributed by atoms with Crippen LogP contribution in [0.3, 0.4) is 0 Å². The van der Waals surface area contributed by atoms with E-state index in [2.05, 4.69) is 0 Å². The summed E-state index contributed by atoms with van der Waals surface area (Å²) in [6, 6.07) is 0. The van der Waals surface area contributed by atoms with Crippen LogP contribution in [-0.4, -0.2) is 44.0 Å². The van der Waals surface area contributed by atoms with Gasteiger partial charge in [-0.15, -0.1) is 0 Å². The van der Waals surface area contributed by atoms with E-state index in [1.54, 1.807) is 0 Å². The molecule has 0 aliphatic rings. The van der Waals surface area contributed by atoms with Crippen molar-refractivity contribution in [3.8, 4) is 23.0 Å². The number of phenols is 4. The maximum Gasteiger partial charge on any atom is 0.168 e. The Balaban J connectivity index is 3.22. The van der Waals surface area contributed by atoms with Crippen LogP contribution in [0.1, 0.15) is 0 Å². The fourth-order valence-corrected chi connectivity index (χ4v) is 1.76. The molecule has 0 saturated carbocycles. The predicted octanol–water partition coefficient (Wildman–Crippen LogP) is -2.37. The molecule has 0 unspecified atom stereocenters. The zero-order chi connectivity index (χ0) is 13.8. The summed E-state index contributed by atoms with van der Waals surface area (Å²) in [6.45, 7) is 0. The Hall–Kier alpha value is -2.11. The Bertz CT molecular complexity index is 574. The second kappa shape index (κ2) is 3.70. The first-order valence-corrected chi connectivity index (χ1v) is 4.80. The normalized spacial score (nSPS) is 10.9. The number of aromatic hydroxyl groups is 4. The molecule has 18 heavy (non-hydrogen) atoms. The van der Waals surface area contributed by atoms with Crippen LogP contribution >= 0.6 is 0 Å². The summed E-state index contributed by atoms with van der Waals surface area (Å²) in [7, 11) is 16.4. The van der Waals surface area contributed by atoms with Gasteiger partial charge in [-0.1, -0.05) is 10.9 Å². The number of anilines is 1. The Morgan fingerprint density at radius 2 is 1.06 bits per heavy atom. The van der Waals surface area contributed by atoms with E-state index in [1.807, 2.05) is 0 Å². The monoisotopic (exact) mass is 237 g/mol. The lowest BCUT2D eigenvalue weighted by atomic mass is 9.76. The van der Waals surface area contributed by atoms with Crippen molar-refractivity contribution in [2.75, 3.05) is 5.73 Å². The van der Waals surface area contributed by atoms with Crippen LogP contribution in [0.2, 0.25) is 0 Å². The van der Waals surface area contributed by atoms with Gasteiger partial charge < -0.3 is 26.2 Å². The van der Waals surface area contributed by atoms with E-state index in [9.17, 15) is 20.4 Å². The number of benzene rings is 2. The molecule has 6 radical (unpaired) electrons. The van der Waals surface area contributed by atoms with Gasteiger partial charge in [-0.05, 0) is 5.46 Å². The van der Waals surface area contributed by atoms with Gasteiger partial charge in [-0.25, -0.2) is 0 Å². The third-order valence-corrected chi connectivity index (χ3v) is 2.80. The van der Waals surface area contributed by atoms with Crippen LogP contribution in [0, 0.1) is 0 Å². The number of hydrogen-bond acceptors (Lipinski definition) is 5. The first kappa shape index (κ1) is 12.4. The van der Waals surface area contributed by atoms with Crippen molar-refractivity contribution in [2.24, 2.45) is 0 Å². The van der Waals surface area contributed by atoms with Gasteiger partial charge in [0.2, 0.25) is 0 Å². The van der Waals surface area contributed by atoms with Gasteiger partial charge in [0, 0.05) is 5.69 Å². The molecule has 0 bridgehead atoms. The van der Waals surface area contributed by atoms with Gasteiger partial charge >= 0.3 is 0 Å². The lowest BCUT2D eigenvalue weighted by Gasteiger charge is -2.17. The van der Waals surface area contributed by atoms with E-state index in [1.165, 1.54) is 0 Å². The van der Waals surface area contributed by atoms with Crippen molar-refractivity contribution < 1.29 is 20.4 Å². The molecule has 0 amide bonds. The fourth-order valence-electron chi connectivity index (χ4n) is 1.76. The molecule has 8 heteroatoms. The summed E-state index contributed by atoms with van der Waals surface area (Å²) in [5, 5.41) is 38.4. The highest BCUT2D eigenvalue weighted by molar-refractivity contribution is 6.53. The van der Waals surface area contributed by atoms with Crippen molar-refractivity contribution in [1.29, 1.82) is 0 Å². The van der Waals surface area contributed by atoms with Crippen LogP contribution < -0.4 is 22.1 Å². The molecule has 0 aliphatic heterocycles. The minimum atomic E-state index is -0.740. The molecule has 0 fully saturated rings. The Kier molecular flexibility index (Phi) is 2.54. The third kappa shape index (κ3) is 1.32. The maximum atomic E-state index is 9.84. The van der Waals surface area contributed by atoms with Crippen molar-refractivity contribution in [3.63, 3.8) is 0 Å². The van der Waals surface area contributed by atoms with E-state index < -0.39 is 23.0 Å².